The molecule has 0 aromatic heterocycles. The van der Waals surface area contributed by atoms with Gasteiger partial charge in [0.05, 0.1) is 11.3 Å². The van der Waals surface area contributed by atoms with Gasteiger partial charge in [0.15, 0.2) is 0 Å². The fourth-order valence-corrected chi connectivity index (χ4v) is 4.42. The number of rotatable bonds is 1. The highest BCUT2D eigenvalue weighted by Gasteiger charge is 2.63. The molecule has 0 unspecified atom stereocenters. The molecule has 2 bridgehead atoms. The van der Waals surface area contributed by atoms with Crippen LogP contribution in [0.1, 0.15) is 18.4 Å². The number of allylic oxidation sites excluding steroid dienone is 2. The number of hydrogen-bond acceptors (Lipinski definition) is 2. The Labute approximate surface area is 116 Å². The monoisotopic (exact) mass is 269 g/mol. The van der Waals surface area contributed by atoms with Gasteiger partial charge in [-0.2, -0.15) is 0 Å². The molecule has 4 atom stereocenters. The number of fused-ring (bicyclic) bond motifs is 2. The van der Waals surface area contributed by atoms with E-state index >= 15 is 0 Å². The van der Waals surface area contributed by atoms with Gasteiger partial charge in [-0.25, -0.2) is 0 Å². The maximum absolute atomic E-state index is 12.7. The average molecular weight is 269 g/mol. The molecule has 1 aliphatic heterocycles. The molecule has 3 aliphatic carbocycles. The van der Waals surface area contributed by atoms with Crippen molar-refractivity contribution in [1.82, 2.24) is 0 Å². The van der Waals surface area contributed by atoms with E-state index in [9.17, 15) is 14.7 Å². The molecule has 1 spiro atoms. The number of carbonyl (C=O) groups is 2. The summed E-state index contributed by atoms with van der Waals surface area (Å²) in [6.07, 6.45) is 5.78. The average Bonchev–Trinajstić information content (AvgIpc) is 2.74. The predicted molar refractivity (Wildman–Crippen MR) is 73.2 cm³/mol. The van der Waals surface area contributed by atoms with Crippen LogP contribution in [0.3, 0.4) is 0 Å². The van der Waals surface area contributed by atoms with Crippen LogP contribution in [0.2, 0.25) is 0 Å². The lowest BCUT2D eigenvalue weighted by molar-refractivity contribution is -0.153. The minimum Gasteiger partial charge on any atom is -0.481 e. The lowest BCUT2D eigenvalue weighted by atomic mass is 9.51. The Bertz CT molecular complexity index is 651. The normalized spacial score (nSPS) is 37.0. The van der Waals surface area contributed by atoms with Crippen molar-refractivity contribution in [2.45, 2.75) is 18.3 Å². The van der Waals surface area contributed by atoms with Crippen molar-refractivity contribution < 1.29 is 14.7 Å². The van der Waals surface area contributed by atoms with Gasteiger partial charge in [0.25, 0.3) is 0 Å². The summed E-state index contributed by atoms with van der Waals surface area (Å²) in [6, 6.07) is 7.50. The van der Waals surface area contributed by atoms with E-state index in [1.54, 1.807) is 0 Å². The zero-order chi connectivity index (χ0) is 13.9. The third-order valence-electron chi connectivity index (χ3n) is 5.17. The van der Waals surface area contributed by atoms with Gasteiger partial charge in [-0.05, 0) is 36.3 Å². The zero-order valence-corrected chi connectivity index (χ0v) is 10.9. The molecule has 4 heteroatoms. The van der Waals surface area contributed by atoms with Crippen LogP contribution in [0.4, 0.5) is 5.69 Å². The van der Waals surface area contributed by atoms with E-state index in [-0.39, 0.29) is 17.7 Å². The van der Waals surface area contributed by atoms with Gasteiger partial charge in [-0.1, -0.05) is 30.4 Å². The quantitative estimate of drug-likeness (QED) is 0.768. The molecule has 1 saturated carbocycles. The van der Waals surface area contributed by atoms with Crippen molar-refractivity contribution in [3.8, 4) is 0 Å². The van der Waals surface area contributed by atoms with Crippen LogP contribution in [-0.4, -0.2) is 17.0 Å². The number of amides is 1. The second kappa shape index (κ2) is 3.72. The highest BCUT2D eigenvalue weighted by atomic mass is 16.4. The van der Waals surface area contributed by atoms with Gasteiger partial charge in [-0.15, -0.1) is 0 Å². The van der Waals surface area contributed by atoms with E-state index in [4.69, 9.17) is 0 Å². The van der Waals surface area contributed by atoms with Crippen LogP contribution in [0.25, 0.3) is 0 Å². The van der Waals surface area contributed by atoms with Gasteiger partial charge in [0, 0.05) is 5.69 Å². The molecule has 1 amide bonds. The molecular formula is C16H15NO3. The first kappa shape index (κ1) is 11.7. The molecule has 1 heterocycles. The smallest absolute Gasteiger partial charge is 0.308 e. The minimum absolute atomic E-state index is 0.0164. The number of benzene rings is 1. The Balaban J connectivity index is 2.01. The van der Waals surface area contributed by atoms with Crippen LogP contribution in [-0.2, 0) is 15.0 Å². The van der Waals surface area contributed by atoms with Crippen molar-refractivity contribution in [3.05, 3.63) is 42.0 Å². The highest BCUT2D eigenvalue weighted by molar-refractivity contribution is 6.09. The number of para-hydroxylation sites is 1. The topological polar surface area (TPSA) is 66.4 Å². The van der Waals surface area contributed by atoms with Crippen molar-refractivity contribution in [2.75, 3.05) is 5.32 Å². The molecule has 102 valence electrons. The Hall–Kier alpha value is -2.10. The summed E-state index contributed by atoms with van der Waals surface area (Å²) in [7, 11) is 0. The third-order valence-corrected chi connectivity index (χ3v) is 5.17. The number of aliphatic carboxylic acids is 1. The fourth-order valence-electron chi connectivity index (χ4n) is 4.42. The summed E-state index contributed by atoms with van der Waals surface area (Å²) in [5.41, 5.74) is 0.709. The second-order valence-corrected chi connectivity index (χ2v) is 5.92. The molecule has 0 radical (unpaired) electrons. The van der Waals surface area contributed by atoms with Gasteiger partial charge >= 0.3 is 5.97 Å². The summed E-state index contributed by atoms with van der Waals surface area (Å²) < 4.78 is 0. The number of carbonyl (C=O) groups excluding carboxylic acids is 1. The second-order valence-electron chi connectivity index (χ2n) is 5.92. The van der Waals surface area contributed by atoms with Crippen LogP contribution < -0.4 is 5.32 Å². The molecule has 4 nitrogen and oxygen atoms in total. The van der Waals surface area contributed by atoms with E-state index in [0.29, 0.717) is 0 Å². The number of anilines is 1. The van der Waals surface area contributed by atoms with Crippen LogP contribution in [0.5, 0.6) is 0 Å². The minimum atomic E-state index is -0.917. The van der Waals surface area contributed by atoms with Gasteiger partial charge in [-0.3, -0.25) is 9.59 Å². The number of hydrogen-bond donors (Lipinski definition) is 2. The van der Waals surface area contributed by atoms with Crippen LogP contribution in [0.15, 0.2) is 36.4 Å². The van der Waals surface area contributed by atoms with Crippen molar-refractivity contribution in [3.63, 3.8) is 0 Å². The first-order chi connectivity index (χ1) is 9.65. The Morgan fingerprint density at radius 3 is 2.75 bits per heavy atom. The highest BCUT2D eigenvalue weighted by Crippen LogP contribution is 2.58. The first-order valence-electron chi connectivity index (χ1n) is 6.98. The maximum Gasteiger partial charge on any atom is 0.308 e. The number of carboxylic acid groups (broad SMARTS) is 1. The Morgan fingerprint density at radius 2 is 2.05 bits per heavy atom. The van der Waals surface area contributed by atoms with Crippen molar-refractivity contribution in [1.29, 1.82) is 0 Å². The Kier molecular flexibility index (Phi) is 2.18. The molecular weight excluding hydrogens is 254 g/mol. The molecule has 20 heavy (non-hydrogen) atoms. The van der Waals surface area contributed by atoms with E-state index in [2.05, 4.69) is 11.4 Å². The summed E-state index contributed by atoms with van der Waals surface area (Å²) in [6.45, 7) is 0. The Morgan fingerprint density at radius 1 is 1.25 bits per heavy atom. The SMILES string of the molecule is O=C(O)[C@@H]1[C@@H]2C=C[C@@H](CC2)[C@]12C(=O)Nc1ccccc12. The van der Waals surface area contributed by atoms with E-state index < -0.39 is 17.3 Å². The third kappa shape index (κ3) is 1.17. The molecule has 5 rings (SSSR count). The standard InChI is InChI=1S/C16H15NO3/c18-14(19)13-9-5-7-10(8-6-9)16(13)11-3-1-2-4-12(11)17-15(16)20/h1-5,7,9-10,13H,6,8H2,(H,17,20)(H,18,19)/t9-,10+,13+,16-/m1/s1. The number of carboxylic acids is 1. The van der Waals surface area contributed by atoms with E-state index in [1.807, 2.05) is 30.3 Å². The summed E-state index contributed by atoms with van der Waals surface area (Å²) >= 11 is 0. The van der Waals surface area contributed by atoms with Gasteiger partial charge in [0.1, 0.15) is 0 Å². The van der Waals surface area contributed by atoms with E-state index in [0.717, 1.165) is 24.1 Å². The lowest BCUT2D eigenvalue weighted by Gasteiger charge is -2.49. The molecule has 2 N–H and O–H groups in total. The molecule has 4 aliphatic rings. The first-order valence-corrected chi connectivity index (χ1v) is 6.98. The predicted octanol–water partition coefficient (Wildman–Crippen LogP) is 2.17. The summed E-state index contributed by atoms with van der Waals surface area (Å²) in [5.74, 6) is -1.73. The maximum atomic E-state index is 12.7. The molecule has 1 aromatic carbocycles. The van der Waals surface area contributed by atoms with E-state index in [1.165, 1.54) is 0 Å². The fraction of sp³-hybridized carbons (Fsp3) is 0.375. The molecule has 1 aromatic rings. The van der Waals surface area contributed by atoms with Crippen molar-refractivity contribution >= 4 is 17.6 Å². The van der Waals surface area contributed by atoms with Crippen LogP contribution >= 0.6 is 0 Å². The van der Waals surface area contributed by atoms with Gasteiger partial charge < -0.3 is 10.4 Å². The number of nitrogens with one attached hydrogen (secondary N) is 1. The summed E-state index contributed by atoms with van der Waals surface area (Å²) in [4.78, 5) is 24.6. The van der Waals surface area contributed by atoms with Crippen LogP contribution in [0, 0.1) is 17.8 Å². The molecule has 1 fully saturated rings. The molecule has 0 saturated heterocycles. The summed E-state index contributed by atoms with van der Waals surface area (Å²) in [5, 5.41) is 12.6. The van der Waals surface area contributed by atoms with Gasteiger partial charge in [0.2, 0.25) is 5.91 Å². The van der Waals surface area contributed by atoms with Crippen molar-refractivity contribution in [2.24, 2.45) is 17.8 Å². The zero-order valence-electron chi connectivity index (χ0n) is 10.9. The largest absolute Gasteiger partial charge is 0.481 e. The lowest BCUT2D eigenvalue weighted by Crippen LogP contribution is -2.57.